The molecule has 0 unspecified atom stereocenters. The number of nitriles is 1. The van der Waals surface area contributed by atoms with Gasteiger partial charge in [0.1, 0.15) is 11.9 Å². The maximum Gasteiger partial charge on any atom is 0.165 e. The molecule has 18 heavy (non-hydrogen) atoms. The third-order valence-electron chi connectivity index (χ3n) is 3.68. The number of anilines is 2. The van der Waals surface area contributed by atoms with Gasteiger partial charge < -0.3 is 16.2 Å². The highest BCUT2D eigenvalue weighted by Crippen LogP contribution is 2.37. The molecule has 0 radical (unpaired) electrons. The number of nitrogens with two attached hydrogens (primary N) is 1. The van der Waals surface area contributed by atoms with Gasteiger partial charge in [0.05, 0.1) is 12.3 Å². The number of aliphatic hydroxyl groups excluding tert-OH is 1. The number of pyridine rings is 1. The molecule has 1 aliphatic rings. The monoisotopic (exact) mass is 246 g/mol. The van der Waals surface area contributed by atoms with Crippen molar-refractivity contribution in [2.75, 3.05) is 24.2 Å². The van der Waals surface area contributed by atoms with Crippen molar-refractivity contribution < 1.29 is 5.11 Å². The maximum atomic E-state index is 9.51. The van der Waals surface area contributed by atoms with Gasteiger partial charge in [-0.3, -0.25) is 0 Å². The lowest BCUT2D eigenvalue weighted by Gasteiger charge is -2.26. The van der Waals surface area contributed by atoms with Crippen molar-refractivity contribution in [3.8, 4) is 6.07 Å². The van der Waals surface area contributed by atoms with E-state index in [1.54, 1.807) is 12.1 Å². The molecule has 0 bridgehead atoms. The van der Waals surface area contributed by atoms with Crippen LogP contribution in [0, 0.1) is 16.7 Å². The lowest BCUT2D eigenvalue weighted by Crippen LogP contribution is -2.30. The van der Waals surface area contributed by atoms with Gasteiger partial charge in [-0.2, -0.15) is 5.26 Å². The first-order valence-corrected chi connectivity index (χ1v) is 6.20. The molecule has 0 spiro atoms. The van der Waals surface area contributed by atoms with E-state index in [9.17, 15) is 5.11 Å². The van der Waals surface area contributed by atoms with Crippen LogP contribution in [0.15, 0.2) is 12.1 Å². The Bertz CT molecular complexity index is 461. The fourth-order valence-electron chi connectivity index (χ4n) is 2.45. The Kier molecular flexibility index (Phi) is 3.68. The highest BCUT2D eigenvalue weighted by molar-refractivity contribution is 5.54. The first-order valence-electron chi connectivity index (χ1n) is 6.20. The summed E-state index contributed by atoms with van der Waals surface area (Å²) < 4.78 is 0. The summed E-state index contributed by atoms with van der Waals surface area (Å²) in [5, 5.41) is 21.6. The summed E-state index contributed by atoms with van der Waals surface area (Å²) in [5.74, 6) is 0.639. The molecule has 5 heteroatoms. The van der Waals surface area contributed by atoms with Gasteiger partial charge in [0.25, 0.3) is 0 Å². The molecule has 0 aliphatic heterocycles. The summed E-state index contributed by atoms with van der Waals surface area (Å²) in [5.41, 5.74) is 6.22. The van der Waals surface area contributed by atoms with Crippen LogP contribution < -0.4 is 11.1 Å². The molecule has 96 valence electrons. The van der Waals surface area contributed by atoms with E-state index < -0.39 is 0 Å². The molecule has 0 saturated heterocycles. The molecule has 5 nitrogen and oxygen atoms in total. The Balaban J connectivity index is 2.04. The second-order valence-corrected chi connectivity index (χ2v) is 4.96. The summed E-state index contributed by atoms with van der Waals surface area (Å²) >= 11 is 0. The van der Waals surface area contributed by atoms with Crippen molar-refractivity contribution in [2.45, 2.75) is 25.7 Å². The lowest BCUT2D eigenvalue weighted by atomic mass is 9.87. The van der Waals surface area contributed by atoms with E-state index in [-0.39, 0.29) is 17.7 Å². The zero-order valence-corrected chi connectivity index (χ0v) is 10.3. The summed E-state index contributed by atoms with van der Waals surface area (Å²) in [6.45, 7) is 0.880. The largest absolute Gasteiger partial charge is 0.396 e. The first-order chi connectivity index (χ1) is 8.69. The van der Waals surface area contributed by atoms with Crippen molar-refractivity contribution in [1.82, 2.24) is 4.98 Å². The predicted molar refractivity (Wildman–Crippen MR) is 69.8 cm³/mol. The molecular weight excluding hydrogens is 228 g/mol. The number of aliphatic hydroxyl groups is 1. The zero-order chi connectivity index (χ0) is 13.0. The van der Waals surface area contributed by atoms with Gasteiger partial charge in [0.15, 0.2) is 5.69 Å². The number of hydrogen-bond acceptors (Lipinski definition) is 5. The van der Waals surface area contributed by atoms with E-state index in [1.165, 1.54) is 12.8 Å². The number of nitrogens with one attached hydrogen (secondary N) is 1. The summed E-state index contributed by atoms with van der Waals surface area (Å²) in [4.78, 5) is 4.14. The second-order valence-electron chi connectivity index (χ2n) is 4.96. The zero-order valence-electron chi connectivity index (χ0n) is 10.3. The van der Waals surface area contributed by atoms with Crippen molar-refractivity contribution in [2.24, 2.45) is 5.41 Å². The minimum atomic E-state index is -0.0319. The summed E-state index contributed by atoms with van der Waals surface area (Å²) in [6, 6.07) is 5.40. The fraction of sp³-hybridized carbons (Fsp3) is 0.538. The average Bonchev–Trinajstić information content (AvgIpc) is 2.87. The topological polar surface area (TPSA) is 95.0 Å². The third-order valence-corrected chi connectivity index (χ3v) is 3.68. The smallest absolute Gasteiger partial charge is 0.165 e. The number of rotatable bonds is 4. The Morgan fingerprint density at radius 3 is 2.78 bits per heavy atom. The van der Waals surface area contributed by atoms with Crippen LogP contribution in [0.1, 0.15) is 31.4 Å². The molecular formula is C13H18N4O. The van der Waals surface area contributed by atoms with Crippen molar-refractivity contribution >= 4 is 11.5 Å². The SMILES string of the molecule is N#Cc1nc(NCC2(CO)CCCC2)ccc1N. The van der Waals surface area contributed by atoms with E-state index in [4.69, 9.17) is 11.0 Å². The standard InChI is InChI=1S/C13H18N4O/c14-7-11-10(15)3-4-12(17-11)16-8-13(9-18)5-1-2-6-13/h3-4,18H,1-2,5-6,8-9,15H2,(H,16,17). The second kappa shape index (κ2) is 5.23. The van der Waals surface area contributed by atoms with Crippen LogP contribution in [0.5, 0.6) is 0 Å². The van der Waals surface area contributed by atoms with Crippen LogP contribution >= 0.6 is 0 Å². The molecule has 1 saturated carbocycles. The maximum absolute atomic E-state index is 9.51. The Morgan fingerprint density at radius 2 is 2.17 bits per heavy atom. The lowest BCUT2D eigenvalue weighted by molar-refractivity contribution is 0.142. The van der Waals surface area contributed by atoms with E-state index in [0.717, 1.165) is 12.8 Å². The normalized spacial score (nSPS) is 17.3. The Labute approximate surface area is 107 Å². The van der Waals surface area contributed by atoms with Gasteiger partial charge in [-0.05, 0) is 25.0 Å². The molecule has 1 aromatic heterocycles. The van der Waals surface area contributed by atoms with Crippen molar-refractivity contribution in [1.29, 1.82) is 5.26 Å². The number of hydrogen-bond donors (Lipinski definition) is 3. The van der Waals surface area contributed by atoms with Crippen LogP contribution in [0.3, 0.4) is 0 Å². The Morgan fingerprint density at radius 1 is 1.44 bits per heavy atom. The van der Waals surface area contributed by atoms with E-state index in [0.29, 0.717) is 18.1 Å². The molecule has 0 amide bonds. The number of nitrogens with zero attached hydrogens (tertiary/aromatic N) is 2. The van der Waals surface area contributed by atoms with Gasteiger partial charge in [-0.25, -0.2) is 4.98 Å². The molecule has 0 aromatic carbocycles. The molecule has 1 aromatic rings. The van der Waals surface area contributed by atoms with E-state index in [1.807, 2.05) is 6.07 Å². The van der Waals surface area contributed by atoms with Gasteiger partial charge >= 0.3 is 0 Å². The molecule has 4 N–H and O–H groups in total. The number of nitrogen functional groups attached to an aromatic ring is 1. The summed E-state index contributed by atoms with van der Waals surface area (Å²) in [6.07, 6.45) is 4.41. The van der Waals surface area contributed by atoms with Gasteiger partial charge in [0, 0.05) is 12.0 Å². The molecule has 1 heterocycles. The van der Waals surface area contributed by atoms with Crippen LogP contribution in [-0.4, -0.2) is 23.2 Å². The minimum absolute atomic E-state index is 0.0319. The molecule has 1 fully saturated rings. The van der Waals surface area contributed by atoms with Crippen LogP contribution in [-0.2, 0) is 0 Å². The van der Waals surface area contributed by atoms with Gasteiger partial charge in [0.2, 0.25) is 0 Å². The van der Waals surface area contributed by atoms with E-state index >= 15 is 0 Å². The van der Waals surface area contributed by atoms with Crippen molar-refractivity contribution in [3.05, 3.63) is 17.8 Å². The molecule has 1 aliphatic carbocycles. The minimum Gasteiger partial charge on any atom is -0.396 e. The van der Waals surface area contributed by atoms with Gasteiger partial charge in [-0.15, -0.1) is 0 Å². The first kappa shape index (κ1) is 12.7. The third kappa shape index (κ3) is 2.54. The van der Waals surface area contributed by atoms with Crippen LogP contribution in [0.25, 0.3) is 0 Å². The highest BCUT2D eigenvalue weighted by Gasteiger charge is 2.32. The van der Waals surface area contributed by atoms with Gasteiger partial charge in [-0.1, -0.05) is 12.8 Å². The molecule has 0 atom stereocenters. The predicted octanol–water partition coefficient (Wildman–Crippen LogP) is 1.50. The molecule has 2 rings (SSSR count). The van der Waals surface area contributed by atoms with Crippen molar-refractivity contribution in [3.63, 3.8) is 0 Å². The summed E-state index contributed by atoms with van der Waals surface area (Å²) in [7, 11) is 0. The van der Waals surface area contributed by atoms with Crippen LogP contribution in [0.2, 0.25) is 0 Å². The highest BCUT2D eigenvalue weighted by atomic mass is 16.3. The van der Waals surface area contributed by atoms with Crippen LogP contribution in [0.4, 0.5) is 11.5 Å². The van der Waals surface area contributed by atoms with E-state index in [2.05, 4.69) is 10.3 Å². The quantitative estimate of drug-likeness (QED) is 0.748. The fourth-order valence-corrected chi connectivity index (χ4v) is 2.45. The average molecular weight is 246 g/mol. The number of aromatic nitrogens is 1. The Hall–Kier alpha value is -1.80.